The van der Waals surface area contributed by atoms with E-state index in [0.717, 1.165) is 11.1 Å². The quantitative estimate of drug-likeness (QED) is 0.170. The maximum Gasteiger partial charge on any atom is 0.339 e. The molecule has 0 amide bonds. The van der Waals surface area contributed by atoms with Gasteiger partial charge < -0.3 is 47.0 Å². The Bertz CT molecular complexity index is 1740. The van der Waals surface area contributed by atoms with Crippen LogP contribution in [0, 0.1) is 11.3 Å². The first kappa shape index (κ1) is 33.5. The van der Waals surface area contributed by atoms with Gasteiger partial charge in [0.05, 0.1) is 32.2 Å². The van der Waals surface area contributed by atoms with E-state index < -0.39 is 5.97 Å². The minimum Gasteiger partial charge on any atom is -0.496 e. The highest BCUT2D eigenvalue weighted by atomic mass is 16.5. The highest BCUT2D eigenvalue weighted by molar-refractivity contribution is 5.91. The van der Waals surface area contributed by atoms with Gasteiger partial charge in [0.15, 0.2) is 23.1 Å². The van der Waals surface area contributed by atoms with Crippen LogP contribution in [0.1, 0.15) is 66.6 Å². The normalized spacial score (nSPS) is 10.5. The maximum absolute atomic E-state index is 11.4. The summed E-state index contributed by atoms with van der Waals surface area (Å²) in [7, 11) is 2.94. The molecule has 45 heavy (non-hydrogen) atoms. The molecule has 0 saturated carbocycles. The van der Waals surface area contributed by atoms with Crippen LogP contribution in [0.3, 0.4) is 0 Å². The highest BCUT2D eigenvalue weighted by Gasteiger charge is 2.20. The number of ether oxygens (including phenoxy) is 4. The number of nitrogens with zero attached hydrogens (tertiary/aromatic N) is 5. The first-order valence-electron chi connectivity index (χ1n) is 13.5. The maximum atomic E-state index is 11.4. The van der Waals surface area contributed by atoms with E-state index in [4.69, 9.17) is 41.9 Å². The number of rotatable bonds is 9. The summed E-state index contributed by atoms with van der Waals surface area (Å²) in [5.74, 6) is 1.50. The van der Waals surface area contributed by atoms with Crippen molar-refractivity contribution in [3.05, 3.63) is 58.9 Å². The van der Waals surface area contributed by atoms with Crippen molar-refractivity contribution in [2.75, 3.05) is 37.2 Å². The lowest BCUT2D eigenvalue weighted by molar-refractivity contribution is 0.0693. The summed E-state index contributed by atoms with van der Waals surface area (Å²) in [5.41, 5.74) is 24.5. The second-order valence-electron chi connectivity index (χ2n) is 10.1. The molecule has 0 atom stereocenters. The van der Waals surface area contributed by atoms with Crippen LogP contribution in [0.25, 0.3) is 0 Å². The summed E-state index contributed by atoms with van der Waals surface area (Å²) in [4.78, 5) is 26.7. The number of carbonyl (C=O) groups is 1. The molecule has 236 valence electrons. The van der Waals surface area contributed by atoms with Crippen LogP contribution in [0.4, 0.5) is 23.5 Å². The fourth-order valence-electron chi connectivity index (χ4n) is 4.01. The van der Waals surface area contributed by atoms with Crippen molar-refractivity contribution >= 4 is 29.5 Å². The molecule has 0 aliphatic heterocycles. The van der Waals surface area contributed by atoms with E-state index in [1.807, 2.05) is 27.7 Å². The molecule has 0 spiro atoms. The third kappa shape index (κ3) is 8.08. The van der Waals surface area contributed by atoms with Gasteiger partial charge in [0, 0.05) is 17.2 Å². The van der Waals surface area contributed by atoms with Gasteiger partial charge >= 0.3 is 5.97 Å². The zero-order valence-corrected chi connectivity index (χ0v) is 25.7. The number of nitrogens with two attached hydrogens (primary N) is 4. The lowest BCUT2D eigenvalue weighted by atomic mass is 9.99. The molecular formula is C30H35N9O6. The fourth-order valence-corrected chi connectivity index (χ4v) is 4.01. The number of hydrogen-bond acceptors (Lipinski definition) is 14. The number of anilines is 4. The summed E-state index contributed by atoms with van der Waals surface area (Å²) in [5, 5.41) is 18.5. The Morgan fingerprint density at radius 2 is 1.18 bits per heavy atom. The minimum atomic E-state index is -1.12. The largest absolute Gasteiger partial charge is 0.496 e. The van der Waals surface area contributed by atoms with E-state index in [-0.39, 0.29) is 58.2 Å². The van der Waals surface area contributed by atoms with Gasteiger partial charge in [-0.3, -0.25) is 0 Å². The molecule has 9 N–H and O–H groups in total. The Morgan fingerprint density at radius 1 is 0.733 bits per heavy atom. The number of methoxy groups -OCH3 is 2. The lowest BCUT2D eigenvalue weighted by Gasteiger charge is -2.17. The van der Waals surface area contributed by atoms with Crippen LogP contribution in [0.5, 0.6) is 34.5 Å². The molecule has 2 heterocycles. The standard InChI is InChI=1S/C15H17N5O2.C15H18N4O4/c1-8(2)10-5-11(21-3)9(6-16)4-12(10)22-13-7-19-15(18)20-14(13)17;1-7(2)8-4-10(22-3)9(14(20)21)5-11(8)23-12-6-18-15(17)19-13(12)16/h4-5,7-8H,1-3H3,(H4,17,18,19,20);4-7H,1-3H3,(H,20,21)(H4,16,17,18,19). The predicted molar refractivity (Wildman–Crippen MR) is 168 cm³/mol. The number of carboxylic acid groups (broad SMARTS) is 1. The number of carboxylic acids is 1. The van der Waals surface area contributed by atoms with Crippen molar-refractivity contribution in [3.63, 3.8) is 0 Å². The lowest BCUT2D eigenvalue weighted by Crippen LogP contribution is -2.06. The molecule has 0 aliphatic rings. The van der Waals surface area contributed by atoms with Gasteiger partial charge in [0.2, 0.25) is 11.9 Å². The molecule has 0 fully saturated rings. The second kappa shape index (κ2) is 14.4. The molecule has 0 bridgehead atoms. The molecule has 15 nitrogen and oxygen atoms in total. The van der Waals surface area contributed by atoms with Gasteiger partial charge in [0.25, 0.3) is 0 Å². The molecule has 2 aromatic heterocycles. The molecule has 0 saturated heterocycles. The molecule has 4 aromatic rings. The summed E-state index contributed by atoms with van der Waals surface area (Å²) < 4.78 is 21.9. The van der Waals surface area contributed by atoms with Crippen molar-refractivity contribution in [2.45, 2.75) is 39.5 Å². The third-order valence-corrected chi connectivity index (χ3v) is 6.30. The number of hydrogen-bond donors (Lipinski definition) is 5. The molecule has 15 heteroatoms. The van der Waals surface area contributed by atoms with Crippen molar-refractivity contribution in [1.29, 1.82) is 5.26 Å². The SMILES string of the molecule is COc1cc(C(C)C)c(Oc2cnc(N)nc2N)cc1C#N.COc1cc(C(C)C)c(Oc2cnc(N)nc2N)cc1C(=O)O. The van der Waals surface area contributed by atoms with Crippen LogP contribution < -0.4 is 41.9 Å². The van der Waals surface area contributed by atoms with E-state index in [9.17, 15) is 15.2 Å². The number of nitriles is 1. The topological polar surface area (TPSA) is 254 Å². The van der Waals surface area contributed by atoms with Gasteiger partial charge in [-0.1, -0.05) is 27.7 Å². The number of nitrogen functional groups attached to an aromatic ring is 4. The van der Waals surface area contributed by atoms with Gasteiger partial charge in [-0.15, -0.1) is 0 Å². The van der Waals surface area contributed by atoms with Crippen LogP contribution >= 0.6 is 0 Å². The summed E-state index contributed by atoms with van der Waals surface area (Å²) >= 11 is 0. The Hall–Kier alpha value is -6.04. The molecule has 0 aliphatic carbocycles. The number of aromatic carboxylic acids is 1. The van der Waals surface area contributed by atoms with Crippen molar-refractivity contribution in [3.8, 4) is 40.6 Å². The van der Waals surface area contributed by atoms with Gasteiger partial charge in [0.1, 0.15) is 34.6 Å². The van der Waals surface area contributed by atoms with E-state index in [1.54, 1.807) is 18.2 Å². The van der Waals surface area contributed by atoms with Crippen LogP contribution in [0.2, 0.25) is 0 Å². The molecular weight excluding hydrogens is 582 g/mol. The Kier molecular flexibility index (Phi) is 10.7. The summed E-state index contributed by atoms with van der Waals surface area (Å²) in [6, 6.07) is 8.51. The Labute approximate surface area is 259 Å². The average Bonchev–Trinajstić information content (AvgIpc) is 2.99. The molecule has 0 unspecified atom stereocenters. The van der Waals surface area contributed by atoms with E-state index >= 15 is 0 Å². The number of benzene rings is 2. The van der Waals surface area contributed by atoms with E-state index in [1.165, 1.54) is 32.7 Å². The smallest absolute Gasteiger partial charge is 0.339 e. The average molecular weight is 618 g/mol. The van der Waals surface area contributed by atoms with Gasteiger partial charge in [-0.05, 0) is 30.0 Å². The first-order chi connectivity index (χ1) is 21.3. The van der Waals surface area contributed by atoms with E-state index in [0.29, 0.717) is 22.8 Å². The molecule has 0 radical (unpaired) electrons. The summed E-state index contributed by atoms with van der Waals surface area (Å²) in [6.45, 7) is 7.92. The Balaban J connectivity index is 0.000000246. The predicted octanol–water partition coefficient (Wildman–Crippen LogP) is 4.70. The monoisotopic (exact) mass is 617 g/mol. The van der Waals surface area contributed by atoms with Crippen LogP contribution in [-0.2, 0) is 0 Å². The second-order valence-corrected chi connectivity index (χ2v) is 10.1. The first-order valence-corrected chi connectivity index (χ1v) is 13.5. The molecule has 2 aromatic carbocycles. The fraction of sp³-hybridized carbons (Fsp3) is 0.267. The minimum absolute atomic E-state index is 0.0122. The highest BCUT2D eigenvalue weighted by Crippen LogP contribution is 2.38. The van der Waals surface area contributed by atoms with E-state index in [2.05, 4.69) is 26.0 Å². The summed E-state index contributed by atoms with van der Waals surface area (Å²) in [6.07, 6.45) is 2.74. The van der Waals surface area contributed by atoms with Gasteiger partial charge in [-0.25, -0.2) is 14.8 Å². The zero-order valence-electron chi connectivity index (χ0n) is 25.7. The number of aromatic nitrogens is 4. The third-order valence-electron chi connectivity index (χ3n) is 6.30. The zero-order chi connectivity index (χ0) is 33.4. The van der Waals surface area contributed by atoms with Gasteiger partial charge in [-0.2, -0.15) is 15.2 Å². The van der Waals surface area contributed by atoms with Crippen molar-refractivity contribution in [2.24, 2.45) is 0 Å². The van der Waals surface area contributed by atoms with Crippen molar-refractivity contribution < 1.29 is 28.8 Å². The van der Waals surface area contributed by atoms with Crippen molar-refractivity contribution in [1.82, 2.24) is 19.9 Å². The van der Waals surface area contributed by atoms with Crippen LogP contribution in [0.15, 0.2) is 36.7 Å². The Morgan fingerprint density at radius 3 is 1.56 bits per heavy atom. The molecule has 4 rings (SSSR count). The van der Waals surface area contributed by atoms with Crippen LogP contribution in [-0.4, -0.2) is 45.2 Å².